The van der Waals surface area contributed by atoms with E-state index in [-0.39, 0.29) is 11.7 Å². The van der Waals surface area contributed by atoms with Crippen LogP contribution in [0.1, 0.15) is 11.1 Å². The molecule has 0 bridgehead atoms. The molecule has 1 aliphatic heterocycles. The summed E-state index contributed by atoms with van der Waals surface area (Å²) < 4.78 is 0. The number of hydrogen-bond acceptors (Lipinski definition) is 3. The van der Waals surface area contributed by atoms with Crippen LogP contribution >= 0.6 is 11.6 Å². The topological polar surface area (TPSA) is 52.9 Å². The monoisotopic (exact) mass is 424 g/mol. The third-order valence-electron chi connectivity index (χ3n) is 5.19. The molecule has 5 heteroatoms. The van der Waals surface area contributed by atoms with Crippen molar-refractivity contribution >= 4 is 45.9 Å². The molecular weight excluding hydrogens is 408 g/mol. The second-order valence-electron chi connectivity index (χ2n) is 7.20. The molecule has 1 heterocycles. The van der Waals surface area contributed by atoms with Gasteiger partial charge in [-0.15, -0.1) is 0 Å². The Morgan fingerprint density at radius 3 is 2.32 bits per heavy atom. The number of aromatic hydroxyl groups is 1. The molecule has 4 nitrogen and oxygen atoms in total. The van der Waals surface area contributed by atoms with E-state index in [1.54, 1.807) is 41.3 Å². The molecule has 4 aromatic rings. The van der Waals surface area contributed by atoms with Crippen molar-refractivity contribution in [3.05, 3.63) is 113 Å². The standard InChI is InChI=1S/C26H17ClN2O2/c27-20-10-8-18(9-11-20)25-28-24(26(31)29(25)21-12-14-22(30)15-13-21)16-19-6-3-5-17-4-1-2-7-23(17)19/h1-16,30H/b24-16+. The molecule has 31 heavy (non-hydrogen) atoms. The van der Waals surface area contributed by atoms with E-state index in [0.29, 0.717) is 22.2 Å². The summed E-state index contributed by atoms with van der Waals surface area (Å²) in [6.07, 6.45) is 1.82. The summed E-state index contributed by atoms with van der Waals surface area (Å²) in [5.74, 6) is 0.411. The fourth-order valence-corrected chi connectivity index (χ4v) is 3.80. The molecule has 4 aromatic carbocycles. The molecule has 0 spiro atoms. The average molecular weight is 425 g/mol. The third kappa shape index (κ3) is 3.58. The number of amidine groups is 1. The largest absolute Gasteiger partial charge is 0.508 e. The van der Waals surface area contributed by atoms with E-state index in [2.05, 4.69) is 0 Å². The molecule has 0 saturated carbocycles. The highest BCUT2D eigenvalue weighted by Gasteiger charge is 2.32. The van der Waals surface area contributed by atoms with Gasteiger partial charge < -0.3 is 5.11 Å². The van der Waals surface area contributed by atoms with E-state index in [4.69, 9.17) is 16.6 Å². The number of halogens is 1. The van der Waals surface area contributed by atoms with Crippen LogP contribution in [0.2, 0.25) is 5.02 Å². The van der Waals surface area contributed by atoms with Gasteiger partial charge in [0.05, 0.1) is 5.69 Å². The second-order valence-corrected chi connectivity index (χ2v) is 7.63. The molecule has 1 aliphatic rings. The van der Waals surface area contributed by atoms with Gasteiger partial charge in [0.1, 0.15) is 17.3 Å². The summed E-state index contributed by atoms with van der Waals surface area (Å²) in [5.41, 5.74) is 2.66. The Morgan fingerprint density at radius 1 is 0.839 bits per heavy atom. The first kappa shape index (κ1) is 19.1. The van der Waals surface area contributed by atoms with Crippen molar-refractivity contribution in [2.45, 2.75) is 0 Å². The van der Waals surface area contributed by atoms with Crippen molar-refractivity contribution in [2.24, 2.45) is 4.99 Å². The van der Waals surface area contributed by atoms with E-state index in [1.165, 1.54) is 0 Å². The van der Waals surface area contributed by atoms with Crippen LogP contribution in [0.4, 0.5) is 5.69 Å². The van der Waals surface area contributed by atoms with Gasteiger partial charge in [-0.2, -0.15) is 0 Å². The van der Waals surface area contributed by atoms with Crippen LogP contribution in [-0.4, -0.2) is 16.8 Å². The minimum absolute atomic E-state index is 0.131. The molecular formula is C26H17ClN2O2. The van der Waals surface area contributed by atoms with E-state index in [0.717, 1.165) is 21.9 Å². The third-order valence-corrected chi connectivity index (χ3v) is 5.44. The number of amides is 1. The number of carbonyl (C=O) groups excluding carboxylic acids is 1. The highest BCUT2D eigenvalue weighted by molar-refractivity contribution is 6.34. The summed E-state index contributed by atoms with van der Waals surface area (Å²) in [6.45, 7) is 0. The zero-order valence-electron chi connectivity index (χ0n) is 16.4. The Balaban J connectivity index is 1.66. The highest BCUT2D eigenvalue weighted by Crippen LogP contribution is 2.30. The van der Waals surface area contributed by atoms with Crippen molar-refractivity contribution in [2.75, 3.05) is 4.90 Å². The predicted octanol–water partition coefficient (Wildman–Crippen LogP) is 6.03. The highest BCUT2D eigenvalue weighted by atomic mass is 35.5. The summed E-state index contributed by atoms with van der Waals surface area (Å²) in [7, 11) is 0. The Bertz CT molecular complexity index is 1350. The van der Waals surface area contributed by atoms with Crippen LogP contribution < -0.4 is 4.90 Å². The number of anilines is 1. The lowest BCUT2D eigenvalue weighted by atomic mass is 10.0. The van der Waals surface area contributed by atoms with Crippen LogP contribution in [0.15, 0.2) is 102 Å². The van der Waals surface area contributed by atoms with Gasteiger partial charge in [-0.3, -0.25) is 9.69 Å². The van der Waals surface area contributed by atoms with Gasteiger partial charge in [0.15, 0.2) is 0 Å². The van der Waals surface area contributed by atoms with Crippen LogP contribution in [0, 0.1) is 0 Å². The van der Waals surface area contributed by atoms with Gasteiger partial charge in [-0.25, -0.2) is 4.99 Å². The molecule has 0 radical (unpaired) electrons. The second kappa shape index (κ2) is 7.74. The fraction of sp³-hybridized carbons (Fsp3) is 0. The number of fused-ring (bicyclic) bond motifs is 1. The number of aliphatic imine (C=N–C) groups is 1. The first-order chi connectivity index (χ1) is 15.1. The summed E-state index contributed by atoms with van der Waals surface area (Å²) in [4.78, 5) is 19.7. The van der Waals surface area contributed by atoms with Crippen LogP contribution in [0.5, 0.6) is 5.75 Å². The molecule has 5 rings (SSSR count). The fourth-order valence-electron chi connectivity index (χ4n) is 3.67. The molecule has 0 unspecified atom stereocenters. The Kier molecular flexibility index (Phi) is 4.77. The quantitative estimate of drug-likeness (QED) is 0.408. The molecule has 0 aromatic heterocycles. The molecule has 0 aliphatic carbocycles. The van der Waals surface area contributed by atoms with Crippen LogP contribution in [-0.2, 0) is 4.79 Å². The first-order valence-electron chi connectivity index (χ1n) is 9.78. The molecule has 1 amide bonds. The first-order valence-corrected chi connectivity index (χ1v) is 10.2. The van der Waals surface area contributed by atoms with Gasteiger partial charge in [0.2, 0.25) is 0 Å². The van der Waals surface area contributed by atoms with E-state index in [9.17, 15) is 9.90 Å². The van der Waals surface area contributed by atoms with Crippen LogP contribution in [0.25, 0.3) is 16.8 Å². The predicted molar refractivity (Wildman–Crippen MR) is 126 cm³/mol. The lowest BCUT2D eigenvalue weighted by molar-refractivity contribution is -0.113. The zero-order valence-corrected chi connectivity index (χ0v) is 17.1. The SMILES string of the molecule is O=C1/C(=C\c2cccc3ccccc23)N=C(c2ccc(Cl)cc2)N1c1ccc(O)cc1. The van der Waals surface area contributed by atoms with Gasteiger partial charge >= 0.3 is 0 Å². The minimum Gasteiger partial charge on any atom is -0.508 e. The number of phenolic OH excluding ortho intramolecular Hbond substituents is 1. The van der Waals surface area contributed by atoms with E-state index >= 15 is 0 Å². The van der Waals surface area contributed by atoms with Gasteiger partial charge in [-0.1, -0.05) is 54.1 Å². The zero-order chi connectivity index (χ0) is 21.4. The lowest BCUT2D eigenvalue weighted by Gasteiger charge is -2.18. The van der Waals surface area contributed by atoms with Crippen molar-refractivity contribution in [3.63, 3.8) is 0 Å². The lowest BCUT2D eigenvalue weighted by Crippen LogP contribution is -2.32. The Hall–Kier alpha value is -3.89. The van der Waals surface area contributed by atoms with Crippen molar-refractivity contribution in [1.82, 2.24) is 0 Å². The molecule has 0 fully saturated rings. The van der Waals surface area contributed by atoms with Crippen molar-refractivity contribution in [3.8, 4) is 5.75 Å². The minimum atomic E-state index is -0.233. The number of rotatable bonds is 3. The number of carbonyl (C=O) groups is 1. The maximum Gasteiger partial charge on any atom is 0.282 e. The normalized spacial score (nSPS) is 15.0. The Morgan fingerprint density at radius 2 is 1.55 bits per heavy atom. The molecule has 1 N–H and O–H groups in total. The van der Waals surface area contributed by atoms with E-state index < -0.39 is 0 Å². The Labute approximate surface area is 184 Å². The number of phenols is 1. The van der Waals surface area contributed by atoms with Gasteiger partial charge in [0, 0.05) is 10.6 Å². The summed E-state index contributed by atoms with van der Waals surface area (Å²) >= 11 is 6.05. The summed E-state index contributed by atoms with van der Waals surface area (Å²) in [5, 5.41) is 12.4. The van der Waals surface area contributed by atoms with Gasteiger partial charge in [0.25, 0.3) is 5.91 Å². The average Bonchev–Trinajstić information content (AvgIpc) is 3.11. The van der Waals surface area contributed by atoms with E-state index in [1.807, 2.05) is 60.7 Å². The van der Waals surface area contributed by atoms with Gasteiger partial charge in [-0.05, 0) is 70.9 Å². The maximum atomic E-state index is 13.4. The summed E-state index contributed by atoms with van der Waals surface area (Å²) in [6, 6.07) is 27.7. The maximum absolute atomic E-state index is 13.4. The smallest absolute Gasteiger partial charge is 0.282 e. The van der Waals surface area contributed by atoms with Crippen LogP contribution in [0.3, 0.4) is 0 Å². The molecule has 0 saturated heterocycles. The molecule has 150 valence electrons. The number of nitrogens with zero attached hydrogens (tertiary/aromatic N) is 2. The number of benzene rings is 4. The van der Waals surface area contributed by atoms with Crippen molar-refractivity contribution < 1.29 is 9.90 Å². The molecule has 0 atom stereocenters. The number of hydrogen-bond donors (Lipinski definition) is 1. The van der Waals surface area contributed by atoms with Crippen molar-refractivity contribution in [1.29, 1.82) is 0 Å².